The van der Waals surface area contributed by atoms with Gasteiger partial charge in [0.15, 0.2) is 17.2 Å². The van der Waals surface area contributed by atoms with Crippen molar-refractivity contribution < 1.29 is 9.21 Å². The molecule has 0 radical (unpaired) electrons. The van der Waals surface area contributed by atoms with Gasteiger partial charge in [-0.25, -0.2) is 9.67 Å². The van der Waals surface area contributed by atoms with Gasteiger partial charge in [-0.15, -0.1) is 0 Å². The van der Waals surface area contributed by atoms with Crippen molar-refractivity contribution in [3.05, 3.63) is 54.0 Å². The number of nitrogens with two attached hydrogens (primary N) is 1. The molecule has 1 saturated heterocycles. The van der Waals surface area contributed by atoms with Crippen LogP contribution in [0.4, 0.5) is 5.82 Å². The third-order valence-electron chi connectivity index (χ3n) is 6.04. The van der Waals surface area contributed by atoms with Crippen molar-refractivity contribution in [3.8, 4) is 17.1 Å². The summed E-state index contributed by atoms with van der Waals surface area (Å²) in [5.74, 6) is 0.405. The number of nitrogens with one attached hydrogen (secondary N) is 1. The van der Waals surface area contributed by atoms with Gasteiger partial charge < -0.3 is 20.4 Å². The lowest BCUT2D eigenvalue weighted by molar-refractivity contribution is 0.0907. The van der Waals surface area contributed by atoms with Crippen LogP contribution < -0.4 is 11.1 Å². The van der Waals surface area contributed by atoms with Crippen LogP contribution in [0, 0.1) is 6.92 Å². The van der Waals surface area contributed by atoms with E-state index in [1.807, 2.05) is 31.3 Å². The SMILES string of the molecule is Cc1cccc(-c2cnn(-c3nc(N)c4oc(C(=O)NC5CCCN(C)CC5)cc4n3)c2)c1. The van der Waals surface area contributed by atoms with Gasteiger partial charge in [0.2, 0.25) is 0 Å². The predicted molar refractivity (Wildman–Crippen MR) is 126 cm³/mol. The van der Waals surface area contributed by atoms with Gasteiger partial charge in [0, 0.05) is 23.9 Å². The van der Waals surface area contributed by atoms with E-state index in [1.54, 1.807) is 16.9 Å². The summed E-state index contributed by atoms with van der Waals surface area (Å²) in [6.07, 6.45) is 6.53. The molecule has 5 rings (SSSR count). The van der Waals surface area contributed by atoms with E-state index in [1.165, 1.54) is 5.56 Å². The summed E-state index contributed by atoms with van der Waals surface area (Å²) >= 11 is 0. The van der Waals surface area contributed by atoms with Crippen molar-refractivity contribution in [1.29, 1.82) is 0 Å². The first kappa shape index (κ1) is 21.1. The summed E-state index contributed by atoms with van der Waals surface area (Å²) in [4.78, 5) is 24.0. The van der Waals surface area contributed by atoms with Crippen LogP contribution in [0.25, 0.3) is 28.2 Å². The lowest BCUT2D eigenvalue weighted by Crippen LogP contribution is -2.35. The number of nitrogen functional groups attached to an aromatic ring is 1. The van der Waals surface area contributed by atoms with Crippen molar-refractivity contribution in [2.75, 3.05) is 25.9 Å². The van der Waals surface area contributed by atoms with Crippen molar-refractivity contribution in [2.24, 2.45) is 0 Å². The van der Waals surface area contributed by atoms with Crippen LogP contribution >= 0.6 is 0 Å². The van der Waals surface area contributed by atoms with Crippen molar-refractivity contribution >= 4 is 22.8 Å². The Morgan fingerprint density at radius 1 is 1.18 bits per heavy atom. The number of fused-ring (bicyclic) bond motifs is 1. The van der Waals surface area contributed by atoms with Gasteiger partial charge in [-0.3, -0.25) is 4.79 Å². The van der Waals surface area contributed by atoms with E-state index >= 15 is 0 Å². The highest BCUT2D eigenvalue weighted by atomic mass is 16.3. The zero-order chi connectivity index (χ0) is 22.9. The quantitative estimate of drug-likeness (QED) is 0.496. The van der Waals surface area contributed by atoms with Crippen LogP contribution in [0.1, 0.15) is 35.4 Å². The number of rotatable bonds is 4. The molecular weight excluding hydrogens is 418 g/mol. The second-order valence-corrected chi connectivity index (χ2v) is 8.68. The first-order chi connectivity index (χ1) is 16.0. The standard InChI is InChI=1S/C24H27N7O2/c1-15-5-3-6-16(11-15)17-13-26-31(14-17)24-28-19-12-20(33-21(19)22(25)29-24)23(32)27-18-7-4-9-30(2)10-8-18/h3,5-6,11-14,18H,4,7-10H2,1-2H3,(H,27,32)(H2,25,28,29). The molecule has 3 N–H and O–H groups in total. The van der Waals surface area contributed by atoms with Crippen LogP contribution in [-0.2, 0) is 0 Å². The number of anilines is 1. The van der Waals surface area contributed by atoms with E-state index < -0.39 is 0 Å². The molecule has 1 aliphatic heterocycles. The molecule has 1 unspecified atom stereocenters. The summed E-state index contributed by atoms with van der Waals surface area (Å²) in [7, 11) is 2.10. The third-order valence-corrected chi connectivity index (χ3v) is 6.04. The number of furan rings is 1. The molecule has 1 amide bonds. The molecule has 1 aliphatic rings. The van der Waals surface area contributed by atoms with Gasteiger partial charge >= 0.3 is 0 Å². The van der Waals surface area contributed by atoms with Gasteiger partial charge in [0.25, 0.3) is 11.9 Å². The maximum Gasteiger partial charge on any atom is 0.287 e. The van der Waals surface area contributed by atoms with E-state index in [4.69, 9.17) is 10.2 Å². The third kappa shape index (κ3) is 4.45. The number of carbonyl (C=O) groups excluding carboxylic acids is 1. The Morgan fingerprint density at radius 2 is 2.06 bits per heavy atom. The van der Waals surface area contributed by atoms with Crippen LogP contribution in [0.3, 0.4) is 0 Å². The average Bonchev–Trinajstić information content (AvgIpc) is 3.40. The van der Waals surface area contributed by atoms with Gasteiger partial charge in [0.05, 0.1) is 6.20 Å². The monoisotopic (exact) mass is 445 g/mol. The molecule has 0 aliphatic carbocycles. The van der Waals surface area contributed by atoms with Crippen LogP contribution in [0.5, 0.6) is 0 Å². The molecule has 0 spiro atoms. The Bertz CT molecular complexity index is 1310. The molecule has 1 fully saturated rings. The van der Waals surface area contributed by atoms with E-state index in [0.717, 1.165) is 43.5 Å². The van der Waals surface area contributed by atoms with Crippen LogP contribution in [0.2, 0.25) is 0 Å². The van der Waals surface area contributed by atoms with Gasteiger partial charge in [-0.05, 0) is 51.9 Å². The largest absolute Gasteiger partial charge is 0.445 e. The van der Waals surface area contributed by atoms with E-state index in [-0.39, 0.29) is 23.5 Å². The summed E-state index contributed by atoms with van der Waals surface area (Å²) in [6, 6.07) is 9.91. The number of nitrogens with zero attached hydrogens (tertiary/aromatic N) is 5. The lowest BCUT2D eigenvalue weighted by atomic mass is 10.1. The number of carbonyl (C=O) groups is 1. The maximum absolute atomic E-state index is 12.8. The number of amides is 1. The second kappa shape index (κ2) is 8.67. The smallest absolute Gasteiger partial charge is 0.287 e. The molecule has 9 nitrogen and oxygen atoms in total. The molecule has 1 aromatic carbocycles. The molecule has 4 heterocycles. The Hall–Kier alpha value is -3.72. The molecular formula is C24H27N7O2. The molecule has 33 heavy (non-hydrogen) atoms. The molecule has 0 saturated carbocycles. The molecule has 170 valence electrons. The van der Waals surface area contributed by atoms with E-state index in [0.29, 0.717) is 17.0 Å². The number of hydrogen-bond donors (Lipinski definition) is 2. The number of aromatic nitrogens is 4. The van der Waals surface area contributed by atoms with Gasteiger partial charge in [-0.2, -0.15) is 10.1 Å². The van der Waals surface area contributed by atoms with Crippen molar-refractivity contribution in [3.63, 3.8) is 0 Å². The topological polar surface area (TPSA) is 115 Å². The fraction of sp³-hybridized carbons (Fsp3) is 0.333. The average molecular weight is 446 g/mol. The fourth-order valence-corrected chi connectivity index (χ4v) is 4.20. The number of aryl methyl sites for hydroxylation is 1. The predicted octanol–water partition coefficient (Wildman–Crippen LogP) is 3.18. The fourth-order valence-electron chi connectivity index (χ4n) is 4.20. The Labute approximate surface area is 191 Å². The minimum Gasteiger partial charge on any atom is -0.445 e. The zero-order valence-corrected chi connectivity index (χ0v) is 18.8. The second-order valence-electron chi connectivity index (χ2n) is 8.68. The highest BCUT2D eigenvalue weighted by molar-refractivity contribution is 5.97. The van der Waals surface area contributed by atoms with Crippen molar-refractivity contribution in [1.82, 2.24) is 30.0 Å². The first-order valence-corrected chi connectivity index (χ1v) is 11.1. The molecule has 4 aromatic rings. The van der Waals surface area contributed by atoms with Crippen LogP contribution in [-0.4, -0.2) is 56.7 Å². The highest BCUT2D eigenvalue weighted by Gasteiger charge is 2.22. The van der Waals surface area contributed by atoms with E-state index in [9.17, 15) is 4.79 Å². The van der Waals surface area contributed by atoms with Crippen LogP contribution in [0.15, 0.2) is 47.1 Å². The van der Waals surface area contributed by atoms with Gasteiger partial charge in [0.1, 0.15) is 5.52 Å². The zero-order valence-electron chi connectivity index (χ0n) is 18.8. The van der Waals surface area contributed by atoms with Gasteiger partial charge in [-0.1, -0.05) is 29.8 Å². The normalized spacial score (nSPS) is 17.2. The Balaban J connectivity index is 1.39. The molecule has 0 bridgehead atoms. The van der Waals surface area contributed by atoms with Crippen molar-refractivity contribution in [2.45, 2.75) is 32.2 Å². The summed E-state index contributed by atoms with van der Waals surface area (Å²) < 4.78 is 7.30. The lowest BCUT2D eigenvalue weighted by Gasteiger charge is -2.15. The Morgan fingerprint density at radius 3 is 2.91 bits per heavy atom. The summed E-state index contributed by atoms with van der Waals surface area (Å²) in [6.45, 7) is 4.05. The van der Waals surface area contributed by atoms with E-state index in [2.05, 4.69) is 38.4 Å². The molecule has 9 heteroatoms. The number of hydrogen-bond acceptors (Lipinski definition) is 7. The summed E-state index contributed by atoms with van der Waals surface area (Å²) in [5, 5.41) is 7.48. The number of likely N-dealkylation sites (tertiary alicyclic amines) is 1. The first-order valence-electron chi connectivity index (χ1n) is 11.1. The summed E-state index contributed by atoms with van der Waals surface area (Å²) in [5.41, 5.74) is 10.1. The highest BCUT2D eigenvalue weighted by Crippen LogP contribution is 2.25. The minimum absolute atomic E-state index is 0.124. The minimum atomic E-state index is -0.260. The number of benzene rings is 1. The molecule has 1 atom stereocenters. The molecule has 3 aromatic heterocycles. The Kier molecular flexibility index (Phi) is 5.55. The maximum atomic E-state index is 12.8.